The Kier molecular flexibility index (Phi) is 3.50. The van der Waals surface area contributed by atoms with E-state index in [1.165, 1.54) is 0 Å². The maximum absolute atomic E-state index is 5.52. The first-order chi connectivity index (χ1) is 6.42. The summed E-state index contributed by atoms with van der Waals surface area (Å²) >= 11 is 1.66. The second kappa shape index (κ2) is 4.28. The molecule has 0 atom stereocenters. The van der Waals surface area contributed by atoms with E-state index < -0.39 is 0 Å². The number of nitrogens with two attached hydrogens (primary N) is 1. The van der Waals surface area contributed by atoms with Crippen LogP contribution in [-0.2, 0) is 6.54 Å². The summed E-state index contributed by atoms with van der Waals surface area (Å²) in [6.07, 6.45) is 0. The molecule has 0 aliphatic heterocycles. The van der Waals surface area contributed by atoms with Gasteiger partial charge in [0, 0.05) is 25.5 Å². The molecular formula is C10H19N3S. The van der Waals surface area contributed by atoms with E-state index in [0.29, 0.717) is 12.0 Å². The topological polar surface area (TPSA) is 42.2 Å². The SMILES string of the molecule is CN(CC(C)(C)C)c1nc(CN)cs1. The van der Waals surface area contributed by atoms with Crippen molar-refractivity contribution in [3.63, 3.8) is 0 Å². The standard InChI is InChI=1S/C10H19N3S/c1-10(2,3)7-13(4)9-12-8(5-11)6-14-9/h6H,5,7,11H2,1-4H3. The molecule has 0 saturated carbocycles. The van der Waals surface area contributed by atoms with Crippen LogP contribution in [0.4, 0.5) is 5.13 Å². The zero-order valence-electron chi connectivity index (χ0n) is 9.37. The fourth-order valence-corrected chi connectivity index (χ4v) is 2.15. The first-order valence-electron chi connectivity index (χ1n) is 4.78. The van der Waals surface area contributed by atoms with E-state index in [-0.39, 0.29) is 0 Å². The molecule has 0 aromatic carbocycles. The van der Waals surface area contributed by atoms with Crippen molar-refractivity contribution in [3.8, 4) is 0 Å². The Morgan fingerprint density at radius 3 is 2.57 bits per heavy atom. The largest absolute Gasteiger partial charge is 0.351 e. The van der Waals surface area contributed by atoms with Crippen molar-refractivity contribution in [3.05, 3.63) is 11.1 Å². The monoisotopic (exact) mass is 213 g/mol. The van der Waals surface area contributed by atoms with Gasteiger partial charge < -0.3 is 10.6 Å². The zero-order chi connectivity index (χ0) is 10.8. The number of thiazole rings is 1. The number of hydrogen-bond donors (Lipinski definition) is 1. The van der Waals surface area contributed by atoms with Gasteiger partial charge >= 0.3 is 0 Å². The molecule has 0 aliphatic carbocycles. The number of rotatable bonds is 3. The van der Waals surface area contributed by atoms with Gasteiger partial charge in [-0.2, -0.15) is 0 Å². The van der Waals surface area contributed by atoms with E-state index in [1.54, 1.807) is 11.3 Å². The van der Waals surface area contributed by atoms with Gasteiger partial charge in [-0.25, -0.2) is 4.98 Å². The molecule has 0 amide bonds. The molecule has 14 heavy (non-hydrogen) atoms. The minimum absolute atomic E-state index is 0.295. The van der Waals surface area contributed by atoms with Crippen LogP contribution in [0.2, 0.25) is 0 Å². The Bertz CT molecular complexity index is 288. The highest BCUT2D eigenvalue weighted by atomic mass is 32.1. The molecule has 0 spiro atoms. The summed E-state index contributed by atoms with van der Waals surface area (Å²) in [6.45, 7) is 8.20. The zero-order valence-corrected chi connectivity index (χ0v) is 10.2. The molecule has 0 radical (unpaired) electrons. The van der Waals surface area contributed by atoms with Crippen LogP contribution in [0.5, 0.6) is 0 Å². The summed E-state index contributed by atoms with van der Waals surface area (Å²) in [5.74, 6) is 0. The van der Waals surface area contributed by atoms with Crippen LogP contribution in [0.1, 0.15) is 26.5 Å². The summed E-state index contributed by atoms with van der Waals surface area (Å²) in [4.78, 5) is 6.62. The fraction of sp³-hybridized carbons (Fsp3) is 0.700. The molecule has 80 valence electrons. The van der Waals surface area contributed by atoms with Crippen LogP contribution in [0.15, 0.2) is 5.38 Å². The van der Waals surface area contributed by atoms with Gasteiger partial charge in [0.25, 0.3) is 0 Å². The first kappa shape index (κ1) is 11.5. The third-order valence-corrected chi connectivity index (χ3v) is 2.79. The van der Waals surface area contributed by atoms with Gasteiger partial charge in [0.15, 0.2) is 5.13 Å². The third-order valence-electron chi connectivity index (χ3n) is 1.79. The molecule has 0 aliphatic rings. The Morgan fingerprint density at radius 2 is 2.14 bits per heavy atom. The van der Waals surface area contributed by atoms with Gasteiger partial charge in [-0.1, -0.05) is 20.8 Å². The lowest BCUT2D eigenvalue weighted by Crippen LogP contribution is -2.28. The maximum Gasteiger partial charge on any atom is 0.185 e. The van der Waals surface area contributed by atoms with E-state index in [1.807, 2.05) is 5.38 Å². The van der Waals surface area contributed by atoms with Crippen LogP contribution in [0, 0.1) is 5.41 Å². The molecular weight excluding hydrogens is 194 g/mol. The van der Waals surface area contributed by atoms with Crippen molar-refractivity contribution >= 4 is 16.5 Å². The number of hydrogen-bond acceptors (Lipinski definition) is 4. The predicted molar refractivity (Wildman–Crippen MR) is 62.7 cm³/mol. The van der Waals surface area contributed by atoms with Gasteiger partial charge in [0.05, 0.1) is 5.69 Å². The highest BCUT2D eigenvalue weighted by Crippen LogP contribution is 2.23. The molecule has 0 bridgehead atoms. The van der Waals surface area contributed by atoms with Crippen molar-refractivity contribution in [1.29, 1.82) is 0 Å². The molecule has 1 heterocycles. The summed E-state index contributed by atoms with van der Waals surface area (Å²) in [7, 11) is 2.07. The highest BCUT2D eigenvalue weighted by molar-refractivity contribution is 7.13. The fourth-order valence-electron chi connectivity index (χ4n) is 1.34. The van der Waals surface area contributed by atoms with E-state index in [9.17, 15) is 0 Å². The second-order valence-electron chi connectivity index (χ2n) is 4.74. The minimum Gasteiger partial charge on any atom is -0.351 e. The van der Waals surface area contributed by atoms with E-state index >= 15 is 0 Å². The Labute approximate surface area is 89.9 Å². The Hall–Kier alpha value is -0.610. The van der Waals surface area contributed by atoms with Gasteiger partial charge in [-0.05, 0) is 5.41 Å². The molecule has 1 aromatic rings. The molecule has 0 fully saturated rings. The quantitative estimate of drug-likeness (QED) is 0.836. The average Bonchev–Trinajstić information content (AvgIpc) is 2.48. The lowest BCUT2D eigenvalue weighted by atomic mass is 9.96. The Balaban J connectivity index is 2.65. The van der Waals surface area contributed by atoms with Gasteiger partial charge in [-0.15, -0.1) is 11.3 Å². The van der Waals surface area contributed by atoms with Crippen molar-refractivity contribution < 1.29 is 0 Å². The van der Waals surface area contributed by atoms with Crippen LogP contribution in [-0.4, -0.2) is 18.6 Å². The highest BCUT2D eigenvalue weighted by Gasteiger charge is 2.15. The van der Waals surface area contributed by atoms with E-state index in [4.69, 9.17) is 5.73 Å². The summed E-state index contributed by atoms with van der Waals surface area (Å²) in [5.41, 5.74) is 6.79. The van der Waals surface area contributed by atoms with E-state index in [2.05, 4.69) is 37.7 Å². The second-order valence-corrected chi connectivity index (χ2v) is 5.58. The lowest BCUT2D eigenvalue weighted by molar-refractivity contribution is 0.418. The summed E-state index contributed by atoms with van der Waals surface area (Å²) in [5, 5.41) is 3.08. The molecule has 3 nitrogen and oxygen atoms in total. The first-order valence-corrected chi connectivity index (χ1v) is 5.66. The average molecular weight is 213 g/mol. The molecule has 1 rings (SSSR count). The minimum atomic E-state index is 0.295. The smallest absolute Gasteiger partial charge is 0.185 e. The van der Waals surface area contributed by atoms with Gasteiger partial charge in [0.2, 0.25) is 0 Å². The van der Waals surface area contributed by atoms with Crippen molar-refractivity contribution in [2.24, 2.45) is 11.1 Å². The van der Waals surface area contributed by atoms with Gasteiger partial charge in [0.1, 0.15) is 0 Å². The maximum atomic E-state index is 5.52. The third kappa shape index (κ3) is 3.27. The number of nitrogens with zero attached hydrogens (tertiary/aromatic N) is 2. The normalized spacial score (nSPS) is 11.8. The molecule has 4 heteroatoms. The van der Waals surface area contributed by atoms with Crippen LogP contribution < -0.4 is 10.6 Å². The molecule has 0 unspecified atom stereocenters. The number of anilines is 1. The molecule has 2 N–H and O–H groups in total. The van der Waals surface area contributed by atoms with Crippen LogP contribution in [0.3, 0.4) is 0 Å². The molecule has 0 saturated heterocycles. The summed E-state index contributed by atoms with van der Waals surface area (Å²) < 4.78 is 0. The predicted octanol–water partition coefficient (Wildman–Crippen LogP) is 2.08. The molecule has 1 aromatic heterocycles. The number of aromatic nitrogens is 1. The Morgan fingerprint density at radius 1 is 1.50 bits per heavy atom. The summed E-state index contributed by atoms with van der Waals surface area (Å²) in [6, 6.07) is 0. The van der Waals surface area contributed by atoms with Crippen molar-refractivity contribution in [2.75, 3.05) is 18.5 Å². The van der Waals surface area contributed by atoms with Crippen LogP contribution in [0.25, 0.3) is 0 Å². The van der Waals surface area contributed by atoms with Crippen molar-refractivity contribution in [1.82, 2.24) is 4.98 Å². The van der Waals surface area contributed by atoms with Crippen LogP contribution >= 0.6 is 11.3 Å². The van der Waals surface area contributed by atoms with Gasteiger partial charge in [-0.3, -0.25) is 0 Å². The lowest BCUT2D eigenvalue weighted by Gasteiger charge is -2.26. The van der Waals surface area contributed by atoms with Crippen molar-refractivity contribution in [2.45, 2.75) is 27.3 Å². The van der Waals surface area contributed by atoms with E-state index in [0.717, 1.165) is 17.4 Å².